The third-order valence-corrected chi connectivity index (χ3v) is 2.63. The summed E-state index contributed by atoms with van der Waals surface area (Å²) in [5.41, 5.74) is -0.431. The first-order valence-corrected chi connectivity index (χ1v) is 5.47. The molecule has 0 bridgehead atoms. The van der Waals surface area contributed by atoms with Gasteiger partial charge in [0.05, 0.1) is 6.61 Å². The number of nitrogens with one attached hydrogen (secondary N) is 1. The summed E-state index contributed by atoms with van der Waals surface area (Å²) in [6.45, 7) is 1.85. The SMILES string of the molecule is CCOC(=O)C1(C#N)C=Cc2cc(F)ccc2N1. The molecule has 1 heterocycles. The molecule has 5 heteroatoms. The summed E-state index contributed by atoms with van der Waals surface area (Å²) in [6.07, 6.45) is 2.92. The Bertz CT molecular complexity index is 563. The number of hydrogen-bond donors (Lipinski definition) is 1. The lowest BCUT2D eigenvalue weighted by atomic mass is 9.94. The minimum absolute atomic E-state index is 0.189. The molecule has 92 valence electrons. The van der Waals surface area contributed by atoms with E-state index in [4.69, 9.17) is 4.74 Å². The van der Waals surface area contributed by atoms with Crippen molar-refractivity contribution in [3.8, 4) is 6.07 Å². The van der Waals surface area contributed by atoms with Gasteiger partial charge < -0.3 is 10.1 Å². The molecule has 0 saturated carbocycles. The zero-order valence-electron chi connectivity index (χ0n) is 9.74. The molecule has 0 saturated heterocycles. The van der Waals surface area contributed by atoms with Crippen molar-refractivity contribution in [3.63, 3.8) is 0 Å². The van der Waals surface area contributed by atoms with Gasteiger partial charge in [-0.15, -0.1) is 0 Å². The summed E-state index contributed by atoms with van der Waals surface area (Å²) in [6, 6.07) is 5.96. The number of nitriles is 1. The second kappa shape index (κ2) is 4.49. The van der Waals surface area contributed by atoms with E-state index in [1.165, 1.54) is 30.4 Å². The van der Waals surface area contributed by atoms with Gasteiger partial charge in [-0.25, -0.2) is 9.18 Å². The predicted octanol–water partition coefficient (Wildman–Crippen LogP) is 2.09. The Balaban J connectivity index is 2.39. The van der Waals surface area contributed by atoms with Crippen LogP contribution in [0.1, 0.15) is 12.5 Å². The van der Waals surface area contributed by atoms with Gasteiger partial charge in [0.25, 0.3) is 0 Å². The van der Waals surface area contributed by atoms with Crippen LogP contribution in [0.4, 0.5) is 10.1 Å². The maximum absolute atomic E-state index is 13.0. The molecule has 0 aromatic heterocycles. The molecule has 0 aliphatic carbocycles. The van der Waals surface area contributed by atoms with E-state index in [1.54, 1.807) is 6.92 Å². The third-order valence-electron chi connectivity index (χ3n) is 2.63. The molecule has 0 fully saturated rings. The van der Waals surface area contributed by atoms with Crippen LogP contribution in [0, 0.1) is 17.1 Å². The first-order valence-electron chi connectivity index (χ1n) is 5.47. The van der Waals surface area contributed by atoms with Crippen LogP contribution in [0.15, 0.2) is 24.3 Å². The number of hydrogen-bond acceptors (Lipinski definition) is 4. The van der Waals surface area contributed by atoms with E-state index in [9.17, 15) is 14.4 Å². The van der Waals surface area contributed by atoms with Gasteiger partial charge in [-0.2, -0.15) is 5.26 Å². The highest BCUT2D eigenvalue weighted by atomic mass is 19.1. The molecule has 4 nitrogen and oxygen atoms in total. The average molecular weight is 246 g/mol. The molecule has 1 aliphatic heterocycles. The van der Waals surface area contributed by atoms with E-state index in [0.717, 1.165) is 0 Å². The standard InChI is InChI=1S/C13H11FN2O2/c1-2-18-12(17)13(8-15)6-5-9-7-10(14)3-4-11(9)16-13/h3-7,16H,2H2,1H3. The first kappa shape index (κ1) is 12.1. The van der Waals surface area contributed by atoms with Crippen molar-refractivity contribution in [3.05, 3.63) is 35.7 Å². The van der Waals surface area contributed by atoms with E-state index in [2.05, 4.69) is 5.32 Å². The Kier molecular flexibility index (Phi) is 3.02. The van der Waals surface area contributed by atoms with Gasteiger partial charge in [-0.1, -0.05) is 6.08 Å². The van der Waals surface area contributed by atoms with Crippen molar-refractivity contribution >= 4 is 17.7 Å². The number of anilines is 1. The summed E-state index contributed by atoms with van der Waals surface area (Å²) in [4.78, 5) is 11.8. The first-order chi connectivity index (χ1) is 8.61. The van der Waals surface area contributed by atoms with Crippen molar-refractivity contribution in [1.29, 1.82) is 5.26 Å². The number of carbonyl (C=O) groups is 1. The Morgan fingerprint density at radius 1 is 1.61 bits per heavy atom. The van der Waals surface area contributed by atoms with Crippen LogP contribution < -0.4 is 5.32 Å². The zero-order chi connectivity index (χ0) is 13.2. The molecule has 1 N–H and O–H groups in total. The lowest BCUT2D eigenvalue weighted by Crippen LogP contribution is -2.45. The molecule has 0 radical (unpaired) electrons. The maximum atomic E-state index is 13.0. The molecular weight excluding hydrogens is 235 g/mol. The number of fused-ring (bicyclic) bond motifs is 1. The van der Waals surface area contributed by atoms with Crippen molar-refractivity contribution in [1.82, 2.24) is 0 Å². The van der Waals surface area contributed by atoms with Crippen LogP contribution in [0.2, 0.25) is 0 Å². The highest BCUT2D eigenvalue weighted by Gasteiger charge is 2.40. The fourth-order valence-corrected chi connectivity index (χ4v) is 1.73. The largest absolute Gasteiger partial charge is 0.463 e. The molecule has 1 aliphatic rings. The highest BCUT2D eigenvalue weighted by molar-refractivity contribution is 5.95. The van der Waals surface area contributed by atoms with Gasteiger partial charge >= 0.3 is 5.97 Å². The summed E-state index contributed by atoms with van der Waals surface area (Å²) in [5, 5.41) is 12.0. The number of esters is 1. The van der Waals surface area contributed by atoms with Crippen LogP contribution in [0.3, 0.4) is 0 Å². The minimum Gasteiger partial charge on any atom is -0.463 e. The monoisotopic (exact) mass is 246 g/mol. The molecular formula is C13H11FN2O2. The lowest BCUT2D eigenvalue weighted by Gasteiger charge is -2.27. The van der Waals surface area contributed by atoms with Crippen LogP contribution >= 0.6 is 0 Å². The van der Waals surface area contributed by atoms with E-state index in [0.29, 0.717) is 11.3 Å². The van der Waals surface area contributed by atoms with Crippen molar-refractivity contribution in [2.24, 2.45) is 0 Å². The van der Waals surface area contributed by atoms with E-state index in [1.807, 2.05) is 6.07 Å². The predicted molar refractivity (Wildman–Crippen MR) is 64.0 cm³/mol. The number of halogens is 1. The molecule has 0 spiro atoms. The van der Waals surface area contributed by atoms with E-state index in [-0.39, 0.29) is 12.4 Å². The quantitative estimate of drug-likeness (QED) is 0.811. The Hall–Kier alpha value is -2.35. The second-order valence-corrected chi connectivity index (χ2v) is 3.83. The number of nitrogens with zero attached hydrogens (tertiary/aromatic N) is 1. The molecule has 18 heavy (non-hydrogen) atoms. The van der Waals surface area contributed by atoms with Crippen molar-refractivity contribution in [2.45, 2.75) is 12.5 Å². The van der Waals surface area contributed by atoms with Crippen LogP contribution in [0.25, 0.3) is 6.08 Å². The topological polar surface area (TPSA) is 62.1 Å². The lowest BCUT2D eigenvalue weighted by molar-refractivity contribution is -0.145. The normalized spacial score (nSPS) is 20.5. The van der Waals surface area contributed by atoms with Gasteiger partial charge in [0, 0.05) is 11.3 Å². The highest BCUT2D eigenvalue weighted by Crippen LogP contribution is 2.29. The van der Waals surface area contributed by atoms with Crippen LogP contribution in [-0.4, -0.2) is 18.1 Å². The van der Waals surface area contributed by atoms with Gasteiger partial charge in [0.2, 0.25) is 5.54 Å². The summed E-state index contributed by atoms with van der Waals surface area (Å²) < 4.78 is 17.9. The van der Waals surface area contributed by atoms with E-state index < -0.39 is 11.5 Å². The molecule has 1 unspecified atom stereocenters. The number of carbonyl (C=O) groups excluding carboxylic acids is 1. The van der Waals surface area contributed by atoms with Gasteiger partial charge in [-0.05, 0) is 31.2 Å². The van der Waals surface area contributed by atoms with E-state index >= 15 is 0 Å². The molecule has 1 aromatic rings. The van der Waals surface area contributed by atoms with Gasteiger partial charge in [0.1, 0.15) is 11.9 Å². The summed E-state index contributed by atoms with van der Waals surface area (Å²) >= 11 is 0. The van der Waals surface area contributed by atoms with Gasteiger partial charge in [-0.3, -0.25) is 0 Å². The number of rotatable bonds is 2. The number of benzene rings is 1. The second-order valence-electron chi connectivity index (χ2n) is 3.83. The van der Waals surface area contributed by atoms with Crippen molar-refractivity contribution in [2.75, 3.05) is 11.9 Å². The average Bonchev–Trinajstić information content (AvgIpc) is 2.38. The summed E-state index contributed by atoms with van der Waals surface area (Å²) in [5.74, 6) is -1.04. The smallest absolute Gasteiger partial charge is 0.350 e. The minimum atomic E-state index is -1.54. The fourth-order valence-electron chi connectivity index (χ4n) is 1.73. The number of ether oxygens (including phenoxy) is 1. The van der Waals surface area contributed by atoms with Crippen LogP contribution in [0.5, 0.6) is 0 Å². The Morgan fingerprint density at radius 3 is 3.06 bits per heavy atom. The van der Waals surface area contributed by atoms with Crippen molar-refractivity contribution < 1.29 is 13.9 Å². The fraction of sp³-hybridized carbons (Fsp3) is 0.231. The Labute approximate surface area is 104 Å². The third kappa shape index (κ3) is 1.93. The molecule has 0 amide bonds. The molecule has 1 atom stereocenters. The van der Waals surface area contributed by atoms with Gasteiger partial charge in [0.15, 0.2) is 0 Å². The summed E-state index contributed by atoms with van der Waals surface area (Å²) in [7, 11) is 0. The Morgan fingerprint density at radius 2 is 2.39 bits per heavy atom. The molecule has 1 aromatic carbocycles. The molecule has 2 rings (SSSR count). The zero-order valence-corrected chi connectivity index (χ0v) is 9.74. The van der Waals surface area contributed by atoms with Crippen LogP contribution in [-0.2, 0) is 9.53 Å². The maximum Gasteiger partial charge on any atom is 0.350 e.